The van der Waals surface area contributed by atoms with E-state index >= 15 is 0 Å². The molecule has 0 radical (unpaired) electrons. The molecule has 2 N–H and O–H groups in total. The zero-order valence-electron chi connectivity index (χ0n) is 10.1. The molecule has 18 heavy (non-hydrogen) atoms. The molecule has 3 aromatic rings. The number of thiazole rings is 1. The second-order valence-corrected chi connectivity index (χ2v) is 5.02. The number of fused-ring (bicyclic) bond motifs is 1. The maximum Gasteiger partial charge on any atom is 0.111 e. The Hall–Kier alpha value is -1.72. The van der Waals surface area contributed by atoms with Gasteiger partial charge in [0, 0.05) is 18.8 Å². The van der Waals surface area contributed by atoms with E-state index in [1.807, 2.05) is 36.1 Å². The highest BCUT2D eigenvalue weighted by Crippen LogP contribution is 2.19. The molecule has 0 fully saturated rings. The molecule has 0 bridgehead atoms. The molecular weight excluding hydrogens is 244 g/mol. The first-order valence-corrected chi connectivity index (χ1v) is 6.74. The van der Waals surface area contributed by atoms with Gasteiger partial charge in [0.1, 0.15) is 5.82 Å². The van der Waals surface area contributed by atoms with Crippen LogP contribution >= 0.6 is 11.3 Å². The Balaban J connectivity index is 1.93. The third kappa shape index (κ3) is 1.91. The molecule has 2 heterocycles. The van der Waals surface area contributed by atoms with Crippen LogP contribution in [0, 0.1) is 0 Å². The van der Waals surface area contributed by atoms with Crippen molar-refractivity contribution in [1.82, 2.24) is 14.5 Å². The van der Waals surface area contributed by atoms with E-state index in [-0.39, 0.29) is 6.04 Å². The second kappa shape index (κ2) is 4.51. The van der Waals surface area contributed by atoms with Crippen LogP contribution in [-0.2, 0) is 13.5 Å². The van der Waals surface area contributed by atoms with Crippen molar-refractivity contribution < 1.29 is 0 Å². The van der Waals surface area contributed by atoms with E-state index in [4.69, 9.17) is 5.73 Å². The minimum atomic E-state index is -0.0910. The molecule has 3 rings (SSSR count). The minimum absolute atomic E-state index is 0.0910. The number of nitrogens with two attached hydrogens (primary N) is 1. The summed E-state index contributed by atoms with van der Waals surface area (Å²) in [4.78, 5) is 8.87. The average molecular weight is 258 g/mol. The largest absolute Gasteiger partial charge is 0.331 e. The Kier molecular flexibility index (Phi) is 2.85. The van der Waals surface area contributed by atoms with E-state index in [1.54, 1.807) is 11.3 Å². The summed E-state index contributed by atoms with van der Waals surface area (Å²) in [5, 5.41) is 1.99. The van der Waals surface area contributed by atoms with E-state index < -0.39 is 0 Å². The summed E-state index contributed by atoms with van der Waals surface area (Å²) in [6, 6.07) is 8.02. The standard InChI is InChI=1S/C13H14N4S/c1-17-12-5-3-2-4-10(12)16-13(17)6-9(14)11-7-18-8-15-11/h2-5,7-9H,6,14H2,1H3. The zero-order valence-corrected chi connectivity index (χ0v) is 10.9. The Bertz CT molecular complexity index is 657. The fourth-order valence-corrected chi connectivity index (χ4v) is 2.70. The number of aryl methyl sites for hydroxylation is 1. The Labute approximate surface area is 109 Å². The van der Waals surface area contributed by atoms with Crippen molar-refractivity contribution >= 4 is 22.4 Å². The Morgan fingerprint density at radius 3 is 2.94 bits per heavy atom. The van der Waals surface area contributed by atoms with Gasteiger partial charge in [-0.3, -0.25) is 0 Å². The zero-order chi connectivity index (χ0) is 12.5. The SMILES string of the molecule is Cn1c(CC(N)c2cscn2)nc2ccccc21. The highest BCUT2D eigenvalue weighted by Gasteiger charge is 2.14. The van der Waals surface area contributed by atoms with Gasteiger partial charge in [0.2, 0.25) is 0 Å². The summed E-state index contributed by atoms with van der Waals surface area (Å²) in [6.07, 6.45) is 0.703. The Morgan fingerprint density at radius 1 is 1.39 bits per heavy atom. The molecule has 0 spiro atoms. The number of nitrogens with zero attached hydrogens (tertiary/aromatic N) is 3. The van der Waals surface area contributed by atoms with Crippen LogP contribution in [0.5, 0.6) is 0 Å². The first-order valence-electron chi connectivity index (χ1n) is 5.79. The van der Waals surface area contributed by atoms with E-state index in [9.17, 15) is 0 Å². The lowest BCUT2D eigenvalue weighted by molar-refractivity contribution is 0.652. The summed E-state index contributed by atoms with van der Waals surface area (Å²) >= 11 is 1.57. The van der Waals surface area contributed by atoms with Crippen molar-refractivity contribution in [1.29, 1.82) is 0 Å². The van der Waals surface area contributed by atoms with Crippen LogP contribution in [0.25, 0.3) is 11.0 Å². The van der Waals surface area contributed by atoms with Gasteiger partial charge in [-0.05, 0) is 12.1 Å². The smallest absolute Gasteiger partial charge is 0.111 e. The van der Waals surface area contributed by atoms with E-state index in [0.29, 0.717) is 6.42 Å². The Morgan fingerprint density at radius 2 is 2.22 bits per heavy atom. The molecule has 1 unspecified atom stereocenters. The van der Waals surface area contributed by atoms with Crippen molar-refractivity contribution in [3.8, 4) is 0 Å². The average Bonchev–Trinajstić information content (AvgIpc) is 3.00. The number of aromatic nitrogens is 3. The summed E-state index contributed by atoms with van der Waals surface area (Å²) in [5.41, 5.74) is 11.1. The molecule has 0 saturated heterocycles. The molecule has 92 valence electrons. The van der Waals surface area contributed by atoms with Crippen molar-refractivity contribution in [3.05, 3.63) is 46.7 Å². The maximum absolute atomic E-state index is 6.15. The number of benzene rings is 1. The molecule has 0 saturated carbocycles. The fourth-order valence-electron chi connectivity index (χ4n) is 2.08. The van der Waals surface area contributed by atoms with Gasteiger partial charge in [-0.15, -0.1) is 11.3 Å². The van der Waals surface area contributed by atoms with Crippen molar-refractivity contribution in [2.24, 2.45) is 12.8 Å². The first-order chi connectivity index (χ1) is 8.75. The molecule has 0 aliphatic rings. The normalized spacial score (nSPS) is 13.0. The fraction of sp³-hybridized carbons (Fsp3) is 0.231. The number of hydrogen-bond acceptors (Lipinski definition) is 4. The molecule has 0 amide bonds. The van der Waals surface area contributed by atoms with Crippen LogP contribution in [0.4, 0.5) is 0 Å². The summed E-state index contributed by atoms with van der Waals surface area (Å²) < 4.78 is 2.10. The van der Waals surface area contributed by atoms with Gasteiger partial charge in [-0.2, -0.15) is 0 Å². The third-order valence-electron chi connectivity index (χ3n) is 3.11. The number of hydrogen-bond donors (Lipinski definition) is 1. The predicted molar refractivity (Wildman–Crippen MR) is 73.5 cm³/mol. The molecule has 0 aliphatic heterocycles. The lowest BCUT2D eigenvalue weighted by atomic mass is 10.1. The lowest BCUT2D eigenvalue weighted by Gasteiger charge is -2.08. The van der Waals surface area contributed by atoms with Gasteiger partial charge in [-0.1, -0.05) is 12.1 Å². The van der Waals surface area contributed by atoms with Gasteiger partial charge in [0.15, 0.2) is 0 Å². The van der Waals surface area contributed by atoms with Crippen LogP contribution < -0.4 is 5.73 Å². The van der Waals surface area contributed by atoms with Gasteiger partial charge >= 0.3 is 0 Å². The number of rotatable bonds is 3. The van der Waals surface area contributed by atoms with Gasteiger partial charge in [-0.25, -0.2) is 9.97 Å². The number of imidazole rings is 1. The first kappa shape index (κ1) is 11.4. The maximum atomic E-state index is 6.15. The van der Waals surface area contributed by atoms with Crippen LogP contribution in [0.15, 0.2) is 35.2 Å². The molecule has 5 heteroatoms. The highest BCUT2D eigenvalue weighted by atomic mass is 32.1. The second-order valence-electron chi connectivity index (χ2n) is 4.30. The van der Waals surface area contributed by atoms with Gasteiger partial charge in [0.25, 0.3) is 0 Å². The summed E-state index contributed by atoms with van der Waals surface area (Å²) in [6.45, 7) is 0. The van der Waals surface area contributed by atoms with Crippen molar-refractivity contribution in [2.75, 3.05) is 0 Å². The molecule has 4 nitrogen and oxygen atoms in total. The third-order valence-corrected chi connectivity index (χ3v) is 3.72. The number of para-hydroxylation sites is 2. The van der Waals surface area contributed by atoms with E-state index in [2.05, 4.69) is 20.6 Å². The molecule has 0 aliphatic carbocycles. The topological polar surface area (TPSA) is 56.7 Å². The molecule has 1 aromatic carbocycles. The van der Waals surface area contributed by atoms with Crippen molar-refractivity contribution in [3.63, 3.8) is 0 Å². The van der Waals surface area contributed by atoms with Crippen molar-refractivity contribution in [2.45, 2.75) is 12.5 Å². The van der Waals surface area contributed by atoms with Crippen LogP contribution in [0.2, 0.25) is 0 Å². The molecule has 1 atom stereocenters. The summed E-state index contributed by atoms with van der Waals surface area (Å²) in [5.74, 6) is 0.997. The highest BCUT2D eigenvalue weighted by molar-refractivity contribution is 7.07. The quantitative estimate of drug-likeness (QED) is 0.784. The molecule has 2 aromatic heterocycles. The monoisotopic (exact) mass is 258 g/mol. The minimum Gasteiger partial charge on any atom is -0.331 e. The van der Waals surface area contributed by atoms with Crippen LogP contribution in [0.1, 0.15) is 17.6 Å². The van der Waals surface area contributed by atoms with E-state index in [0.717, 1.165) is 22.6 Å². The van der Waals surface area contributed by atoms with E-state index in [1.165, 1.54) is 0 Å². The predicted octanol–water partition coefficient (Wildman–Crippen LogP) is 2.27. The van der Waals surface area contributed by atoms with Gasteiger partial charge in [0.05, 0.1) is 28.3 Å². The van der Waals surface area contributed by atoms with Crippen LogP contribution in [0.3, 0.4) is 0 Å². The molecular formula is C13H14N4S. The lowest BCUT2D eigenvalue weighted by Crippen LogP contribution is -2.16. The van der Waals surface area contributed by atoms with Crippen LogP contribution in [-0.4, -0.2) is 14.5 Å². The van der Waals surface area contributed by atoms with Gasteiger partial charge < -0.3 is 10.3 Å². The summed E-state index contributed by atoms with van der Waals surface area (Å²) in [7, 11) is 2.03.